The van der Waals surface area contributed by atoms with Crippen LogP contribution < -0.4 is 0 Å². The van der Waals surface area contributed by atoms with Crippen molar-refractivity contribution in [3.63, 3.8) is 0 Å². The lowest BCUT2D eigenvalue weighted by Gasteiger charge is -2.59. The van der Waals surface area contributed by atoms with E-state index in [4.69, 9.17) is 9.47 Å². The van der Waals surface area contributed by atoms with Crippen molar-refractivity contribution in [3.05, 3.63) is 0 Å². The maximum absolute atomic E-state index is 13.5. The summed E-state index contributed by atoms with van der Waals surface area (Å²) >= 11 is 0. The SMILES string of the molecule is COC(=O)[C@H]1CC[C@H]2[C@@H]3CC[C@@H]4C[C@@H](OC(C)=O)CC[C@]4(C)[C@H]3C(=O)C[C@]12C. The molecule has 0 heterocycles. The minimum atomic E-state index is -0.247. The third-order valence-corrected chi connectivity index (χ3v) is 9.12. The highest BCUT2D eigenvalue weighted by Crippen LogP contribution is 2.66. The van der Waals surface area contributed by atoms with E-state index in [0.29, 0.717) is 30.0 Å². The fraction of sp³-hybridized carbons (Fsp3) is 0.870. The summed E-state index contributed by atoms with van der Waals surface area (Å²) < 4.78 is 10.6. The molecule has 0 saturated heterocycles. The van der Waals surface area contributed by atoms with E-state index >= 15 is 0 Å². The third-order valence-electron chi connectivity index (χ3n) is 9.12. The van der Waals surface area contributed by atoms with Gasteiger partial charge in [-0.15, -0.1) is 0 Å². The molecule has 4 rings (SSSR count). The van der Waals surface area contributed by atoms with Crippen molar-refractivity contribution in [3.8, 4) is 0 Å². The summed E-state index contributed by atoms with van der Waals surface area (Å²) in [6, 6.07) is 0. The Balaban J connectivity index is 1.59. The molecule has 0 aliphatic heterocycles. The molecule has 28 heavy (non-hydrogen) atoms. The molecule has 4 fully saturated rings. The first-order chi connectivity index (χ1) is 13.2. The Hall–Kier alpha value is -1.39. The molecule has 5 heteroatoms. The van der Waals surface area contributed by atoms with E-state index in [9.17, 15) is 14.4 Å². The molecule has 0 amide bonds. The van der Waals surface area contributed by atoms with Gasteiger partial charge < -0.3 is 9.47 Å². The Labute approximate surface area is 167 Å². The van der Waals surface area contributed by atoms with Crippen LogP contribution in [-0.2, 0) is 23.9 Å². The number of carbonyl (C=O) groups is 3. The topological polar surface area (TPSA) is 69.7 Å². The molecule has 0 aromatic carbocycles. The lowest BCUT2D eigenvalue weighted by atomic mass is 9.44. The molecule has 0 bridgehead atoms. The fourth-order valence-corrected chi connectivity index (χ4v) is 7.90. The highest BCUT2D eigenvalue weighted by atomic mass is 16.5. The number of carbonyl (C=O) groups excluding carboxylic acids is 3. The Bertz CT molecular complexity index is 686. The lowest BCUT2D eigenvalue weighted by molar-refractivity contribution is -0.172. The van der Waals surface area contributed by atoms with Crippen molar-refractivity contribution in [2.45, 2.75) is 78.2 Å². The summed E-state index contributed by atoms with van der Waals surface area (Å²) in [6.45, 7) is 5.95. The summed E-state index contributed by atoms with van der Waals surface area (Å²) in [4.78, 5) is 37.3. The maximum atomic E-state index is 13.5. The van der Waals surface area contributed by atoms with Gasteiger partial charge in [0.2, 0.25) is 0 Å². The molecule has 0 radical (unpaired) electrons. The average Bonchev–Trinajstić information content (AvgIpc) is 2.97. The van der Waals surface area contributed by atoms with Crippen molar-refractivity contribution in [1.29, 1.82) is 0 Å². The van der Waals surface area contributed by atoms with Crippen LogP contribution in [0.5, 0.6) is 0 Å². The van der Waals surface area contributed by atoms with Gasteiger partial charge in [-0.3, -0.25) is 14.4 Å². The Morgan fingerprint density at radius 3 is 2.46 bits per heavy atom. The number of methoxy groups -OCH3 is 1. The van der Waals surface area contributed by atoms with Crippen LogP contribution in [0.4, 0.5) is 0 Å². The lowest BCUT2D eigenvalue weighted by Crippen LogP contribution is -2.58. The van der Waals surface area contributed by atoms with Crippen LogP contribution in [0.2, 0.25) is 0 Å². The van der Waals surface area contributed by atoms with Crippen LogP contribution in [0.1, 0.15) is 72.1 Å². The number of fused-ring (bicyclic) bond motifs is 5. The molecule has 4 aliphatic carbocycles. The minimum absolute atomic E-state index is 0.00132. The summed E-state index contributed by atoms with van der Waals surface area (Å²) in [6.07, 6.45) is 7.23. The van der Waals surface area contributed by atoms with Crippen molar-refractivity contribution < 1.29 is 23.9 Å². The molecular formula is C23H34O5. The second-order valence-electron chi connectivity index (χ2n) is 10.3. The number of Topliss-reactive ketones (excluding diaryl/α,β-unsaturated/α-hetero) is 1. The first kappa shape index (κ1) is 19.9. The number of esters is 2. The van der Waals surface area contributed by atoms with Crippen LogP contribution in [0.3, 0.4) is 0 Å². The Kier molecular flexibility index (Phi) is 4.86. The van der Waals surface area contributed by atoms with Gasteiger partial charge in [0.25, 0.3) is 0 Å². The quantitative estimate of drug-likeness (QED) is 0.668. The van der Waals surface area contributed by atoms with E-state index in [0.717, 1.165) is 44.9 Å². The van der Waals surface area contributed by atoms with Gasteiger partial charge >= 0.3 is 11.9 Å². The maximum Gasteiger partial charge on any atom is 0.309 e. The fourth-order valence-electron chi connectivity index (χ4n) is 7.90. The zero-order chi connectivity index (χ0) is 20.3. The first-order valence-electron chi connectivity index (χ1n) is 11.0. The molecule has 4 saturated carbocycles. The van der Waals surface area contributed by atoms with Crippen LogP contribution in [0.25, 0.3) is 0 Å². The molecule has 0 aromatic rings. The third kappa shape index (κ3) is 2.83. The van der Waals surface area contributed by atoms with E-state index < -0.39 is 0 Å². The Morgan fingerprint density at radius 2 is 1.79 bits per heavy atom. The normalized spacial score (nSPS) is 47.5. The van der Waals surface area contributed by atoms with Gasteiger partial charge in [-0.05, 0) is 73.5 Å². The standard InChI is InChI=1S/C23H34O5/c1-13(24)28-15-9-10-22(2)14(11-15)5-6-16-17-7-8-18(21(26)27-4)23(17,3)12-19(25)20(16)22/h14-18,20H,5-12H2,1-4H3/t14-,15+,16+,17+,18-,20-,22+,23+/m1/s1. The van der Waals surface area contributed by atoms with Gasteiger partial charge in [-0.2, -0.15) is 0 Å². The molecule has 0 unspecified atom stereocenters. The zero-order valence-corrected chi connectivity index (χ0v) is 17.7. The first-order valence-corrected chi connectivity index (χ1v) is 11.0. The highest BCUT2D eigenvalue weighted by molar-refractivity contribution is 5.86. The van der Waals surface area contributed by atoms with E-state index in [2.05, 4.69) is 13.8 Å². The van der Waals surface area contributed by atoms with Gasteiger partial charge in [0.05, 0.1) is 13.0 Å². The van der Waals surface area contributed by atoms with Crippen LogP contribution in [0.15, 0.2) is 0 Å². The van der Waals surface area contributed by atoms with Crippen LogP contribution >= 0.6 is 0 Å². The van der Waals surface area contributed by atoms with Crippen molar-refractivity contribution in [2.75, 3.05) is 7.11 Å². The molecule has 4 aliphatic rings. The molecule has 0 N–H and O–H groups in total. The average molecular weight is 391 g/mol. The second-order valence-corrected chi connectivity index (χ2v) is 10.3. The predicted molar refractivity (Wildman–Crippen MR) is 103 cm³/mol. The van der Waals surface area contributed by atoms with Crippen LogP contribution in [-0.4, -0.2) is 30.9 Å². The van der Waals surface area contributed by atoms with E-state index in [1.54, 1.807) is 0 Å². The molecule has 0 aromatic heterocycles. The monoisotopic (exact) mass is 390 g/mol. The second kappa shape index (κ2) is 6.84. The number of ether oxygens (including phenoxy) is 2. The van der Waals surface area contributed by atoms with Crippen LogP contribution in [0, 0.1) is 40.4 Å². The highest BCUT2D eigenvalue weighted by Gasteiger charge is 2.64. The predicted octanol–water partition coefficient (Wildman–Crippen LogP) is 3.93. The van der Waals surface area contributed by atoms with Gasteiger partial charge in [-0.1, -0.05) is 13.8 Å². The van der Waals surface area contributed by atoms with E-state index in [1.807, 2.05) is 0 Å². The van der Waals surface area contributed by atoms with E-state index in [-0.39, 0.29) is 40.7 Å². The molecular weight excluding hydrogens is 356 g/mol. The largest absolute Gasteiger partial charge is 0.469 e. The molecule has 0 spiro atoms. The van der Waals surface area contributed by atoms with Gasteiger partial charge in [0.15, 0.2) is 0 Å². The molecule has 8 atom stereocenters. The summed E-state index contributed by atoms with van der Waals surface area (Å²) in [5.74, 6) is 1.23. The minimum Gasteiger partial charge on any atom is -0.469 e. The van der Waals surface area contributed by atoms with Gasteiger partial charge in [0.1, 0.15) is 11.9 Å². The summed E-state index contributed by atoms with van der Waals surface area (Å²) in [5.41, 5.74) is -0.245. The summed E-state index contributed by atoms with van der Waals surface area (Å²) in [7, 11) is 1.46. The van der Waals surface area contributed by atoms with Crippen molar-refractivity contribution in [1.82, 2.24) is 0 Å². The number of hydrogen-bond acceptors (Lipinski definition) is 5. The van der Waals surface area contributed by atoms with E-state index in [1.165, 1.54) is 14.0 Å². The number of ketones is 1. The number of hydrogen-bond donors (Lipinski definition) is 0. The smallest absolute Gasteiger partial charge is 0.309 e. The molecule has 5 nitrogen and oxygen atoms in total. The van der Waals surface area contributed by atoms with Gasteiger partial charge in [-0.25, -0.2) is 0 Å². The summed E-state index contributed by atoms with van der Waals surface area (Å²) in [5, 5.41) is 0. The zero-order valence-electron chi connectivity index (χ0n) is 17.7. The Morgan fingerprint density at radius 1 is 1.04 bits per heavy atom. The number of rotatable bonds is 2. The van der Waals surface area contributed by atoms with Crippen molar-refractivity contribution in [2.24, 2.45) is 40.4 Å². The van der Waals surface area contributed by atoms with Gasteiger partial charge in [0, 0.05) is 19.3 Å². The molecule has 156 valence electrons. The van der Waals surface area contributed by atoms with Crippen molar-refractivity contribution >= 4 is 17.7 Å².